The van der Waals surface area contributed by atoms with Crippen molar-refractivity contribution in [2.24, 2.45) is 0 Å². The van der Waals surface area contributed by atoms with Gasteiger partial charge in [0.05, 0.1) is 18.1 Å². The highest BCUT2D eigenvalue weighted by molar-refractivity contribution is 5.89. The van der Waals surface area contributed by atoms with E-state index in [1.165, 1.54) is 19.3 Å². The van der Waals surface area contributed by atoms with E-state index < -0.39 is 0 Å². The number of para-hydroxylation sites is 1. The molecule has 0 amide bonds. The fourth-order valence-electron chi connectivity index (χ4n) is 3.31. The first-order chi connectivity index (χ1) is 10.9. The van der Waals surface area contributed by atoms with E-state index in [1.54, 1.807) is 6.33 Å². The molecule has 0 N–H and O–H groups in total. The molecule has 0 spiro atoms. The van der Waals surface area contributed by atoms with E-state index in [9.17, 15) is 0 Å². The van der Waals surface area contributed by atoms with Crippen LogP contribution < -0.4 is 4.90 Å². The summed E-state index contributed by atoms with van der Waals surface area (Å²) in [5, 5.41) is 5.49. The molecule has 3 aromatic rings. The molecule has 0 saturated carbocycles. The Kier molecular flexibility index (Phi) is 3.46. The molecule has 1 fully saturated rings. The second-order valence-electron chi connectivity index (χ2n) is 5.79. The van der Waals surface area contributed by atoms with Gasteiger partial charge in [0.2, 0.25) is 0 Å². The maximum absolute atomic E-state index is 4.60. The van der Waals surface area contributed by atoms with Crippen molar-refractivity contribution < 1.29 is 0 Å². The average molecular weight is 293 g/mol. The first-order valence-electron chi connectivity index (χ1n) is 7.85. The number of rotatable bonds is 3. The summed E-state index contributed by atoms with van der Waals surface area (Å²) >= 11 is 0. The molecule has 1 aliphatic heterocycles. The highest BCUT2D eigenvalue weighted by Crippen LogP contribution is 2.29. The van der Waals surface area contributed by atoms with E-state index in [0.29, 0.717) is 6.04 Å². The van der Waals surface area contributed by atoms with E-state index in [2.05, 4.69) is 32.1 Å². The standard InChI is InChI=1S/C17H19N5/c1-2-8-16-15(7-1)17(19-13-18-16)22-11-4-3-6-14(22)12-21-10-5-9-20-21/h1-2,5,7-10,13-14H,3-4,6,11-12H2. The number of hydrogen-bond acceptors (Lipinski definition) is 4. The monoisotopic (exact) mass is 293 g/mol. The van der Waals surface area contributed by atoms with Gasteiger partial charge < -0.3 is 4.90 Å². The lowest BCUT2D eigenvalue weighted by Gasteiger charge is -2.37. The Balaban J connectivity index is 1.71. The van der Waals surface area contributed by atoms with Crippen LogP contribution in [0.5, 0.6) is 0 Å². The summed E-state index contributed by atoms with van der Waals surface area (Å²) in [5.41, 5.74) is 1.01. The van der Waals surface area contributed by atoms with Crippen LogP contribution in [0.2, 0.25) is 0 Å². The molecule has 5 nitrogen and oxygen atoms in total. The Bertz CT molecular complexity index is 747. The highest BCUT2D eigenvalue weighted by Gasteiger charge is 2.25. The molecule has 2 aromatic heterocycles. The van der Waals surface area contributed by atoms with Gasteiger partial charge in [0.1, 0.15) is 12.1 Å². The number of aromatic nitrogens is 4. The van der Waals surface area contributed by atoms with Crippen LogP contribution in [0.1, 0.15) is 19.3 Å². The Morgan fingerprint density at radius 1 is 1.09 bits per heavy atom. The summed E-state index contributed by atoms with van der Waals surface area (Å²) in [6.45, 7) is 1.96. The van der Waals surface area contributed by atoms with Crippen molar-refractivity contribution in [2.45, 2.75) is 31.8 Å². The number of anilines is 1. The third-order valence-corrected chi connectivity index (χ3v) is 4.38. The molecular formula is C17H19N5. The summed E-state index contributed by atoms with van der Waals surface area (Å²) in [7, 11) is 0. The Morgan fingerprint density at radius 2 is 2.05 bits per heavy atom. The quantitative estimate of drug-likeness (QED) is 0.745. The lowest BCUT2D eigenvalue weighted by Crippen LogP contribution is -2.43. The molecule has 4 rings (SSSR count). The van der Waals surface area contributed by atoms with E-state index >= 15 is 0 Å². The summed E-state index contributed by atoms with van der Waals surface area (Å²) in [5.74, 6) is 1.06. The predicted octanol–water partition coefficient (Wildman–Crippen LogP) is 2.89. The molecule has 1 saturated heterocycles. The second kappa shape index (κ2) is 5.75. The SMILES string of the molecule is c1ccc2c(N3CCCCC3Cn3cccn3)ncnc2c1. The van der Waals surface area contributed by atoms with Crippen molar-refractivity contribution in [3.05, 3.63) is 49.1 Å². The fourth-order valence-corrected chi connectivity index (χ4v) is 3.31. The molecule has 5 heteroatoms. The first-order valence-corrected chi connectivity index (χ1v) is 7.85. The zero-order valence-electron chi connectivity index (χ0n) is 12.5. The van der Waals surface area contributed by atoms with Crippen LogP contribution in [0.4, 0.5) is 5.82 Å². The summed E-state index contributed by atoms with van der Waals surface area (Å²) in [6, 6.07) is 10.7. The maximum atomic E-state index is 4.60. The number of benzene rings is 1. The van der Waals surface area contributed by atoms with Gasteiger partial charge in [-0.3, -0.25) is 4.68 Å². The molecule has 0 aliphatic carbocycles. The van der Waals surface area contributed by atoms with E-state index in [-0.39, 0.29) is 0 Å². The van der Waals surface area contributed by atoms with Crippen LogP contribution in [-0.4, -0.2) is 32.3 Å². The second-order valence-corrected chi connectivity index (χ2v) is 5.79. The average Bonchev–Trinajstić information content (AvgIpc) is 3.08. The van der Waals surface area contributed by atoms with Gasteiger partial charge in [-0.25, -0.2) is 9.97 Å². The van der Waals surface area contributed by atoms with Crippen LogP contribution in [0.15, 0.2) is 49.1 Å². The van der Waals surface area contributed by atoms with E-state index in [4.69, 9.17) is 0 Å². The zero-order valence-corrected chi connectivity index (χ0v) is 12.5. The normalized spacial score (nSPS) is 18.7. The van der Waals surface area contributed by atoms with Crippen molar-refractivity contribution >= 4 is 16.7 Å². The minimum Gasteiger partial charge on any atom is -0.351 e. The first kappa shape index (κ1) is 13.2. The zero-order chi connectivity index (χ0) is 14.8. The van der Waals surface area contributed by atoms with Crippen LogP contribution in [-0.2, 0) is 6.54 Å². The molecule has 1 unspecified atom stereocenters. The summed E-state index contributed by atoms with van der Waals surface area (Å²) in [6.07, 6.45) is 9.22. The third-order valence-electron chi connectivity index (χ3n) is 4.38. The van der Waals surface area contributed by atoms with Gasteiger partial charge in [-0.2, -0.15) is 5.10 Å². The number of hydrogen-bond donors (Lipinski definition) is 0. The molecule has 3 heterocycles. The van der Waals surface area contributed by atoms with Crippen molar-refractivity contribution in [3.63, 3.8) is 0 Å². The predicted molar refractivity (Wildman–Crippen MR) is 86.8 cm³/mol. The summed E-state index contributed by atoms with van der Waals surface area (Å²) in [4.78, 5) is 11.4. The van der Waals surface area contributed by atoms with Gasteiger partial charge in [-0.05, 0) is 37.5 Å². The van der Waals surface area contributed by atoms with Gasteiger partial charge >= 0.3 is 0 Å². The van der Waals surface area contributed by atoms with E-state index in [0.717, 1.165) is 29.8 Å². The molecule has 1 aliphatic rings. The smallest absolute Gasteiger partial charge is 0.140 e. The van der Waals surface area contributed by atoms with Gasteiger partial charge in [0.15, 0.2) is 0 Å². The Hall–Kier alpha value is -2.43. The van der Waals surface area contributed by atoms with Crippen molar-refractivity contribution in [1.82, 2.24) is 19.7 Å². The molecule has 112 valence electrons. The van der Waals surface area contributed by atoms with E-state index in [1.807, 2.05) is 35.3 Å². The van der Waals surface area contributed by atoms with Gasteiger partial charge in [-0.1, -0.05) is 12.1 Å². The van der Waals surface area contributed by atoms with Crippen LogP contribution in [0.25, 0.3) is 10.9 Å². The lowest BCUT2D eigenvalue weighted by atomic mass is 10.0. The van der Waals surface area contributed by atoms with Gasteiger partial charge in [0.25, 0.3) is 0 Å². The lowest BCUT2D eigenvalue weighted by molar-refractivity contribution is 0.397. The van der Waals surface area contributed by atoms with Crippen LogP contribution in [0.3, 0.4) is 0 Å². The van der Waals surface area contributed by atoms with Gasteiger partial charge in [0, 0.05) is 24.3 Å². The topological polar surface area (TPSA) is 46.8 Å². The van der Waals surface area contributed by atoms with Crippen LogP contribution >= 0.6 is 0 Å². The Morgan fingerprint density at radius 3 is 2.95 bits per heavy atom. The molecule has 22 heavy (non-hydrogen) atoms. The highest BCUT2D eigenvalue weighted by atomic mass is 15.3. The minimum atomic E-state index is 0.437. The van der Waals surface area contributed by atoms with Crippen molar-refractivity contribution in [1.29, 1.82) is 0 Å². The maximum Gasteiger partial charge on any atom is 0.140 e. The summed E-state index contributed by atoms with van der Waals surface area (Å²) < 4.78 is 2.02. The third kappa shape index (κ3) is 2.43. The van der Waals surface area contributed by atoms with Crippen molar-refractivity contribution in [3.8, 4) is 0 Å². The molecular weight excluding hydrogens is 274 g/mol. The van der Waals surface area contributed by atoms with Crippen LogP contribution in [0, 0.1) is 0 Å². The number of fused-ring (bicyclic) bond motifs is 1. The minimum absolute atomic E-state index is 0.437. The fraction of sp³-hybridized carbons (Fsp3) is 0.353. The van der Waals surface area contributed by atoms with Gasteiger partial charge in [-0.15, -0.1) is 0 Å². The molecule has 1 atom stereocenters. The Labute approximate surface area is 129 Å². The number of nitrogens with zero attached hydrogens (tertiary/aromatic N) is 5. The van der Waals surface area contributed by atoms with Crippen molar-refractivity contribution in [2.75, 3.05) is 11.4 Å². The molecule has 0 radical (unpaired) electrons. The number of piperidine rings is 1. The largest absolute Gasteiger partial charge is 0.351 e. The molecule has 1 aromatic carbocycles. The molecule has 0 bridgehead atoms.